The lowest BCUT2D eigenvalue weighted by atomic mass is 10.2. The van der Waals surface area contributed by atoms with Crippen LogP contribution in [0.2, 0.25) is 5.02 Å². The van der Waals surface area contributed by atoms with E-state index in [-0.39, 0.29) is 18.8 Å². The number of hydrogen-bond donors (Lipinski definition) is 3. The standard InChI is InChI=1S/C14H15ClN2O6/c1-7(18)13(14(21)22)16-11(19)5-17-6-12(20)23-10-3-2-8(15)4-9(10)17/h2-4,7,13,18H,5-6H2,1H3,(H,16,19)(H,21,22). The summed E-state index contributed by atoms with van der Waals surface area (Å²) in [6.45, 7) is 0.804. The molecule has 23 heavy (non-hydrogen) atoms. The zero-order valence-electron chi connectivity index (χ0n) is 12.2. The Labute approximate surface area is 136 Å². The van der Waals surface area contributed by atoms with Gasteiger partial charge in [0.1, 0.15) is 6.54 Å². The molecule has 1 aliphatic rings. The van der Waals surface area contributed by atoms with Crippen molar-refractivity contribution in [2.45, 2.75) is 19.1 Å². The number of carboxylic acids is 1. The summed E-state index contributed by atoms with van der Waals surface area (Å²) in [5.74, 6) is -2.28. The number of benzene rings is 1. The highest BCUT2D eigenvalue weighted by atomic mass is 35.5. The third-order valence-electron chi connectivity index (χ3n) is 3.20. The minimum Gasteiger partial charge on any atom is -0.480 e. The highest BCUT2D eigenvalue weighted by molar-refractivity contribution is 6.31. The van der Waals surface area contributed by atoms with E-state index in [1.807, 2.05) is 0 Å². The third-order valence-corrected chi connectivity index (χ3v) is 3.44. The average molecular weight is 343 g/mol. The minimum absolute atomic E-state index is 0.173. The van der Waals surface area contributed by atoms with Crippen molar-refractivity contribution in [1.29, 1.82) is 0 Å². The molecular formula is C14H15ClN2O6. The van der Waals surface area contributed by atoms with E-state index in [4.69, 9.17) is 21.4 Å². The summed E-state index contributed by atoms with van der Waals surface area (Å²) in [5.41, 5.74) is 0.455. The summed E-state index contributed by atoms with van der Waals surface area (Å²) in [5, 5.41) is 20.9. The fourth-order valence-corrected chi connectivity index (χ4v) is 2.31. The van der Waals surface area contributed by atoms with E-state index in [0.717, 1.165) is 0 Å². The molecular weight excluding hydrogens is 328 g/mol. The number of amides is 1. The van der Waals surface area contributed by atoms with Crippen molar-refractivity contribution in [3.05, 3.63) is 23.2 Å². The number of carboxylic acid groups (broad SMARTS) is 1. The maximum absolute atomic E-state index is 12.0. The second-order valence-corrected chi connectivity index (χ2v) is 5.50. The van der Waals surface area contributed by atoms with Gasteiger partial charge in [-0.1, -0.05) is 11.6 Å². The first kappa shape index (κ1) is 17.0. The number of anilines is 1. The molecule has 1 aromatic carbocycles. The molecule has 1 heterocycles. The van der Waals surface area contributed by atoms with Gasteiger partial charge in [-0.3, -0.25) is 4.79 Å². The Balaban J connectivity index is 2.14. The molecule has 0 saturated heterocycles. The molecule has 9 heteroatoms. The minimum atomic E-state index is -1.43. The number of fused-ring (bicyclic) bond motifs is 1. The van der Waals surface area contributed by atoms with Crippen molar-refractivity contribution in [1.82, 2.24) is 5.32 Å². The smallest absolute Gasteiger partial charge is 0.331 e. The summed E-state index contributed by atoms with van der Waals surface area (Å²) >= 11 is 5.90. The lowest BCUT2D eigenvalue weighted by Gasteiger charge is -2.29. The number of carbonyl (C=O) groups is 3. The summed E-state index contributed by atoms with van der Waals surface area (Å²) in [6.07, 6.45) is -1.26. The van der Waals surface area contributed by atoms with E-state index in [0.29, 0.717) is 10.7 Å². The number of nitrogens with zero attached hydrogens (tertiary/aromatic N) is 1. The van der Waals surface area contributed by atoms with Gasteiger partial charge >= 0.3 is 11.9 Å². The van der Waals surface area contributed by atoms with E-state index < -0.39 is 30.0 Å². The Morgan fingerprint density at radius 2 is 2.17 bits per heavy atom. The Hall–Kier alpha value is -2.32. The van der Waals surface area contributed by atoms with Gasteiger partial charge in [-0.25, -0.2) is 9.59 Å². The zero-order chi connectivity index (χ0) is 17.1. The van der Waals surface area contributed by atoms with Gasteiger partial charge in [0.25, 0.3) is 0 Å². The SMILES string of the molecule is CC(O)C(NC(=O)CN1CC(=O)Oc2ccc(Cl)cc21)C(=O)O. The number of aliphatic carboxylic acids is 1. The molecule has 0 saturated carbocycles. The molecule has 8 nitrogen and oxygen atoms in total. The van der Waals surface area contributed by atoms with Crippen LogP contribution in [0, 0.1) is 0 Å². The highest BCUT2D eigenvalue weighted by Crippen LogP contribution is 2.34. The highest BCUT2D eigenvalue weighted by Gasteiger charge is 2.29. The van der Waals surface area contributed by atoms with Gasteiger partial charge in [0, 0.05) is 5.02 Å². The summed E-state index contributed by atoms with van der Waals surface area (Å²) in [7, 11) is 0. The predicted octanol–water partition coefficient (Wildman–Crippen LogP) is 0.0156. The third kappa shape index (κ3) is 4.11. The van der Waals surface area contributed by atoms with Gasteiger partial charge in [0.2, 0.25) is 5.91 Å². The van der Waals surface area contributed by atoms with Gasteiger partial charge in [-0.05, 0) is 25.1 Å². The fraction of sp³-hybridized carbons (Fsp3) is 0.357. The van der Waals surface area contributed by atoms with Gasteiger partial charge in [-0.2, -0.15) is 0 Å². The van der Waals surface area contributed by atoms with Crippen LogP contribution in [0.25, 0.3) is 0 Å². The molecule has 0 bridgehead atoms. The van der Waals surface area contributed by atoms with Gasteiger partial charge in [0.15, 0.2) is 11.8 Å². The number of rotatable bonds is 5. The first-order chi connectivity index (χ1) is 10.8. The van der Waals surface area contributed by atoms with Crippen LogP contribution in [0.3, 0.4) is 0 Å². The molecule has 0 aromatic heterocycles. The van der Waals surface area contributed by atoms with E-state index in [1.54, 1.807) is 12.1 Å². The molecule has 0 radical (unpaired) electrons. The Morgan fingerprint density at radius 3 is 2.78 bits per heavy atom. The maximum atomic E-state index is 12.0. The normalized spacial score (nSPS) is 16.1. The molecule has 2 unspecified atom stereocenters. The number of aliphatic hydroxyl groups excluding tert-OH is 1. The first-order valence-corrected chi connectivity index (χ1v) is 7.11. The second-order valence-electron chi connectivity index (χ2n) is 5.07. The number of halogens is 1. The monoisotopic (exact) mass is 342 g/mol. The average Bonchev–Trinajstić information content (AvgIpc) is 2.44. The zero-order valence-corrected chi connectivity index (χ0v) is 12.9. The molecule has 1 aromatic rings. The van der Waals surface area contributed by atoms with E-state index in [2.05, 4.69) is 5.32 Å². The van der Waals surface area contributed by atoms with Crippen LogP contribution in [0.4, 0.5) is 5.69 Å². The molecule has 0 fully saturated rings. The van der Waals surface area contributed by atoms with Crippen molar-refractivity contribution < 1.29 is 29.3 Å². The molecule has 0 spiro atoms. The molecule has 1 aliphatic heterocycles. The van der Waals surface area contributed by atoms with Gasteiger partial charge < -0.3 is 25.2 Å². The van der Waals surface area contributed by atoms with Crippen molar-refractivity contribution in [2.24, 2.45) is 0 Å². The lowest BCUT2D eigenvalue weighted by molar-refractivity contribution is -0.144. The maximum Gasteiger partial charge on any atom is 0.331 e. The van der Waals surface area contributed by atoms with Crippen LogP contribution in [0.15, 0.2) is 18.2 Å². The number of aliphatic hydroxyl groups is 1. The van der Waals surface area contributed by atoms with Gasteiger partial charge in [0.05, 0.1) is 18.3 Å². The summed E-state index contributed by atoms with van der Waals surface area (Å²) in [6, 6.07) is 3.17. The van der Waals surface area contributed by atoms with Crippen LogP contribution in [0.5, 0.6) is 5.75 Å². The number of carbonyl (C=O) groups excluding carboxylic acids is 2. The van der Waals surface area contributed by atoms with E-state index in [1.165, 1.54) is 17.9 Å². The molecule has 2 atom stereocenters. The summed E-state index contributed by atoms with van der Waals surface area (Å²) in [4.78, 5) is 36.0. The van der Waals surface area contributed by atoms with Crippen LogP contribution < -0.4 is 15.0 Å². The Kier molecular flexibility index (Phi) is 5.07. The van der Waals surface area contributed by atoms with Crippen LogP contribution in [-0.4, -0.2) is 53.3 Å². The summed E-state index contributed by atoms with van der Waals surface area (Å²) < 4.78 is 5.05. The second kappa shape index (κ2) is 6.84. The number of esters is 1. The van der Waals surface area contributed by atoms with Crippen molar-refractivity contribution in [3.63, 3.8) is 0 Å². The topological polar surface area (TPSA) is 116 Å². The van der Waals surface area contributed by atoms with E-state index >= 15 is 0 Å². The molecule has 124 valence electrons. The molecule has 3 N–H and O–H groups in total. The van der Waals surface area contributed by atoms with Crippen LogP contribution >= 0.6 is 11.6 Å². The largest absolute Gasteiger partial charge is 0.480 e. The molecule has 0 aliphatic carbocycles. The van der Waals surface area contributed by atoms with Crippen LogP contribution in [-0.2, 0) is 14.4 Å². The van der Waals surface area contributed by atoms with E-state index in [9.17, 15) is 19.5 Å². The van der Waals surface area contributed by atoms with Crippen molar-refractivity contribution >= 4 is 35.1 Å². The predicted molar refractivity (Wildman–Crippen MR) is 80.5 cm³/mol. The van der Waals surface area contributed by atoms with Crippen molar-refractivity contribution in [3.8, 4) is 5.75 Å². The number of ether oxygens (including phenoxy) is 1. The molecule has 2 rings (SSSR count). The quantitative estimate of drug-likeness (QED) is 0.510. The number of nitrogens with one attached hydrogen (secondary N) is 1. The number of hydrogen-bond acceptors (Lipinski definition) is 6. The fourth-order valence-electron chi connectivity index (χ4n) is 2.14. The van der Waals surface area contributed by atoms with Crippen molar-refractivity contribution in [2.75, 3.05) is 18.0 Å². The first-order valence-electron chi connectivity index (χ1n) is 6.73. The molecule has 1 amide bonds. The van der Waals surface area contributed by atoms with Crippen LogP contribution in [0.1, 0.15) is 6.92 Å². The van der Waals surface area contributed by atoms with Gasteiger partial charge in [-0.15, -0.1) is 0 Å². The lowest BCUT2D eigenvalue weighted by Crippen LogP contribution is -2.51. The Bertz CT molecular complexity index is 648. The Morgan fingerprint density at radius 1 is 1.48 bits per heavy atom.